The molecule has 0 N–H and O–H groups in total. The van der Waals surface area contributed by atoms with Gasteiger partial charge in [0.05, 0.1) is 12.1 Å². The molecule has 0 saturated heterocycles. The third-order valence-corrected chi connectivity index (χ3v) is 5.87. The number of nitrogens with zero attached hydrogens (tertiary/aromatic N) is 1. The molecule has 3 aromatic rings. The first-order chi connectivity index (χ1) is 13.1. The van der Waals surface area contributed by atoms with Crippen molar-refractivity contribution in [1.82, 2.24) is 0 Å². The lowest BCUT2D eigenvalue weighted by Crippen LogP contribution is -2.32. The van der Waals surface area contributed by atoms with Gasteiger partial charge in [0.1, 0.15) is 11.3 Å². The van der Waals surface area contributed by atoms with Crippen LogP contribution in [0.5, 0.6) is 5.75 Å². The lowest BCUT2D eigenvalue weighted by Gasteiger charge is -2.32. The van der Waals surface area contributed by atoms with Gasteiger partial charge < -0.3 is 14.1 Å². The number of hydrogen-bond donors (Lipinski definition) is 0. The summed E-state index contributed by atoms with van der Waals surface area (Å²) < 4.78 is 11.9. The first-order valence-electron chi connectivity index (χ1n) is 9.67. The lowest BCUT2D eigenvalue weighted by molar-refractivity contribution is 0.289. The van der Waals surface area contributed by atoms with Gasteiger partial charge in [-0.1, -0.05) is 17.7 Å². The zero-order valence-corrected chi connectivity index (χ0v) is 15.8. The predicted octanol–water partition coefficient (Wildman–Crippen LogP) is 4.65. The first-order valence-corrected chi connectivity index (χ1v) is 9.67. The van der Waals surface area contributed by atoms with Crippen LogP contribution in [0.3, 0.4) is 0 Å². The maximum absolute atomic E-state index is 12.6. The molecule has 5 rings (SSSR count). The van der Waals surface area contributed by atoms with Crippen molar-refractivity contribution < 1.29 is 9.15 Å². The van der Waals surface area contributed by atoms with Crippen molar-refractivity contribution in [3.05, 3.63) is 68.6 Å². The molecule has 0 fully saturated rings. The van der Waals surface area contributed by atoms with Crippen LogP contribution in [0.25, 0.3) is 11.0 Å². The standard InChI is InChI=1S/C23H23NO3/c1-14-7-9-20(15(2)11-14)24-12-19-21(26-13-24)10-8-17-16-5-3-4-6-18(16)23(25)27-22(17)19/h7-11H,3-6,12-13H2,1-2H3. The van der Waals surface area contributed by atoms with Crippen LogP contribution < -0.4 is 15.3 Å². The summed E-state index contributed by atoms with van der Waals surface area (Å²) in [5.74, 6) is 0.822. The van der Waals surface area contributed by atoms with E-state index in [0.29, 0.717) is 18.9 Å². The Bertz CT molecular complexity index is 1110. The van der Waals surface area contributed by atoms with Crippen molar-refractivity contribution in [3.8, 4) is 5.75 Å². The van der Waals surface area contributed by atoms with Crippen molar-refractivity contribution in [2.24, 2.45) is 0 Å². The molecule has 4 nitrogen and oxygen atoms in total. The Morgan fingerprint density at radius 3 is 2.59 bits per heavy atom. The maximum Gasteiger partial charge on any atom is 0.339 e. The van der Waals surface area contributed by atoms with E-state index in [-0.39, 0.29) is 5.63 Å². The fourth-order valence-electron chi connectivity index (χ4n) is 4.53. The fraction of sp³-hybridized carbons (Fsp3) is 0.348. The Labute approximate surface area is 158 Å². The van der Waals surface area contributed by atoms with Crippen LogP contribution in [-0.2, 0) is 19.4 Å². The van der Waals surface area contributed by atoms with E-state index in [2.05, 4.69) is 43.0 Å². The molecule has 0 bridgehead atoms. The monoisotopic (exact) mass is 361 g/mol. The van der Waals surface area contributed by atoms with Gasteiger partial charge in [-0.15, -0.1) is 0 Å². The van der Waals surface area contributed by atoms with Crippen molar-refractivity contribution in [2.75, 3.05) is 11.6 Å². The van der Waals surface area contributed by atoms with Crippen LogP contribution >= 0.6 is 0 Å². The van der Waals surface area contributed by atoms with Gasteiger partial charge in [0.2, 0.25) is 0 Å². The van der Waals surface area contributed by atoms with Crippen LogP contribution in [-0.4, -0.2) is 6.73 Å². The number of aryl methyl sites for hydroxylation is 3. The van der Waals surface area contributed by atoms with E-state index in [0.717, 1.165) is 53.6 Å². The Hall–Kier alpha value is -2.75. The van der Waals surface area contributed by atoms with Gasteiger partial charge in [0.15, 0.2) is 6.73 Å². The molecule has 138 valence electrons. The van der Waals surface area contributed by atoms with E-state index < -0.39 is 0 Å². The minimum Gasteiger partial charge on any atom is -0.473 e. The summed E-state index contributed by atoms with van der Waals surface area (Å²) in [5.41, 5.74) is 7.18. The zero-order chi connectivity index (χ0) is 18.5. The second kappa shape index (κ2) is 6.15. The fourth-order valence-corrected chi connectivity index (χ4v) is 4.53. The van der Waals surface area contributed by atoms with Crippen molar-refractivity contribution in [3.63, 3.8) is 0 Å². The number of anilines is 1. The third-order valence-electron chi connectivity index (χ3n) is 5.87. The Balaban J connectivity index is 1.65. The van der Waals surface area contributed by atoms with Crippen LogP contribution in [0.4, 0.5) is 5.69 Å². The van der Waals surface area contributed by atoms with Gasteiger partial charge >= 0.3 is 5.63 Å². The topological polar surface area (TPSA) is 42.7 Å². The van der Waals surface area contributed by atoms with E-state index in [1.807, 2.05) is 6.07 Å². The molecule has 0 unspecified atom stereocenters. The summed E-state index contributed by atoms with van der Waals surface area (Å²) in [5, 5.41) is 1.08. The van der Waals surface area contributed by atoms with Gasteiger partial charge in [-0.2, -0.15) is 0 Å². The van der Waals surface area contributed by atoms with Crippen LogP contribution in [0.1, 0.15) is 40.7 Å². The lowest BCUT2D eigenvalue weighted by atomic mass is 9.90. The van der Waals surface area contributed by atoms with Crippen LogP contribution in [0, 0.1) is 13.8 Å². The summed E-state index contributed by atoms with van der Waals surface area (Å²) in [4.78, 5) is 14.8. The molecular formula is C23H23NO3. The highest BCUT2D eigenvalue weighted by Crippen LogP contribution is 2.37. The second-order valence-electron chi connectivity index (χ2n) is 7.73. The molecule has 2 heterocycles. The van der Waals surface area contributed by atoms with Gasteiger partial charge in [-0.05, 0) is 68.9 Å². The number of hydrogen-bond acceptors (Lipinski definition) is 4. The number of fused-ring (bicyclic) bond motifs is 5. The highest BCUT2D eigenvalue weighted by molar-refractivity contribution is 5.87. The molecule has 0 atom stereocenters. The quantitative estimate of drug-likeness (QED) is 0.592. The maximum atomic E-state index is 12.6. The third kappa shape index (κ3) is 2.62. The summed E-state index contributed by atoms with van der Waals surface area (Å²) in [6.45, 7) is 5.40. The normalized spacial score (nSPS) is 16.0. The molecule has 1 aliphatic carbocycles. The number of ether oxygens (including phenoxy) is 1. The summed E-state index contributed by atoms with van der Waals surface area (Å²) >= 11 is 0. The van der Waals surface area contributed by atoms with Gasteiger partial charge in [0.25, 0.3) is 0 Å². The molecular weight excluding hydrogens is 338 g/mol. The smallest absolute Gasteiger partial charge is 0.339 e. The van der Waals surface area contributed by atoms with Crippen LogP contribution in [0.15, 0.2) is 39.5 Å². The Morgan fingerprint density at radius 1 is 0.963 bits per heavy atom. The average molecular weight is 361 g/mol. The molecule has 0 saturated carbocycles. The van der Waals surface area contributed by atoms with Crippen LogP contribution in [0.2, 0.25) is 0 Å². The van der Waals surface area contributed by atoms with Crippen molar-refractivity contribution in [1.29, 1.82) is 0 Å². The molecule has 2 aliphatic rings. The molecule has 0 amide bonds. The number of rotatable bonds is 1. The molecule has 0 spiro atoms. The van der Waals surface area contributed by atoms with E-state index in [1.165, 1.54) is 16.7 Å². The SMILES string of the molecule is Cc1ccc(N2COc3ccc4c5c(c(=O)oc4c3C2)CCCC5)c(C)c1. The predicted molar refractivity (Wildman–Crippen MR) is 107 cm³/mol. The molecule has 2 aromatic carbocycles. The van der Waals surface area contributed by atoms with Gasteiger partial charge in [-0.3, -0.25) is 0 Å². The summed E-state index contributed by atoms with van der Waals surface area (Å²) in [6, 6.07) is 10.5. The minimum atomic E-state index is -0.172. The van der Waals surface area contributed by atoms with E-state index in [4.69, 9.17) is 9.15 Å². The number of benzene rings is 2. The largest absolute Gasteiger partial charge is 0.473 e. The highest BCUT2D eigenvalue weighted by Gasteiger charge is 2.25. The first kappa shape index (κ1) is 16.4. The second-order valence-corrected chi connectivity index (χ2v) is 7.73. The van der Waals surface area contributed by atoms with E-state index in [9.17, 15) is 4.79 Å². The van der Waals surface area contributed by atoms with Gasteiger partial charge in [0, 0.05) is 16.6 Å². The van der Waals surface area contributed by atoms with Crippen molar-refractivity contribution >= 4 is 16.7 Å². The Morgan fingerprint density at radius 2 is 1.78 bits per heavy atom. The highest BCUT2D eigenvalue weighted by atomic mass is 16.5. The summed E-state index contributed by atoms with van der Waals surface area (Å²) in [7, 11) is 0. The minimum absolute atomic E-state index is 0.172. The van der Waals surface area contributed by atoms with E-state index in [1.54, 1.807) is 0 Å². The molecule has 1 aliphatic heterocycles. The molecule has 0 radical (unpaired) electrons. The summed E-state index contributed by atoms with van der Waals surface area (Å²) in [6.07, 6.45) is 3.99. The van der Waals surface area contributed by atoms with E-state index >= 15 is 0 Å². The zero-order valence-electron chi connectivity index (χ0n) is 15.8. The molecule has 4 heteroatoms. The molecule has 1 aromatic heterocycles. The van der Waals surface area contributed by atoms with Gasteiger partial charge in [-0.25, -0.2) is 4.79 Å². The van der Waals surface area contributed by atoms with Crippen molar-refractivity contribution in [2.45, 2.75) is 46.1 Å². The molecule has 27 heavy (non-hydrogen) atoms. The average Bonchev–Trinajstić information content (AvgIpc) is 2.68. The Kier molecular flexibility index (Phi) is 3.74.